The summed E-state index contributed by atoms with van der Waals surface area (Å²) in [6.07, 6.45) is 3.68. The van der Waals surface area contributed by atoms with Crippen LogP contribution in [0.5, 0.6) is 0 Å². The summed E-state index contributed by atoms with van der Waals surface area (Å²) in [7, 11) is 1.90. The van der Waals surface area contributed by atoms with Crippen LogP contribution in [0.1, 0.15) is 11.3 Å². The number of carbonyl (C=O) groups excluding carboxylic acids is 1. The van der Waals surface area contributed by atoms with E-state index in [1.165, 1.54) is 17.4 Å². The molecule has 1 amide bonds. The van der Waals surface area contributed by atoms with Crippen LogP contribution >= 0.6 is 11.8 Å². The summed E-state index contributed by atoms with van der Waals surface area (Å²) < 4.78 is 1.81. The van der Waals surface area contributed by atoms with E-state index in [-0.39, 0.29) is 5.91 Å². The molecule has 0 atom stereocenters. The molecule has 3 heterocycles. The predicted octanol–water partition coefficient (Wildman–Crippen LogP) is 2.52. The zero-order valence-electron chi connectivity index (χ0n) is 14.9. The van der Waals surface area contributed by atoms with Gasteiger partial charge in [-0.15, -0.1) is 0 Å². The molecule has 134 valence electrons. The maximum Gasteiger partial charge on any atom is 0.286 e. The van der Waals surface area contributed by atoms with E-state index < -0.39 is 0 Å². The topological polar surface area (TPSA) is 53.7 Å². The molecule has 26 heavy (non-hydrogen) atoms. The Balaban J connectivity index is 1.42. The van der Waals surface area contributed by atoms with Crippen molar-refractivity contribution in [3.05, 3.63) is 52.7 Å². The van der Waals surface area contributed by atoms with E-state index >= 15 is 0 Å². The van der Waals surface area contributed by atoms with Gasteiger partial charge in [0.15, 0.2) is 5.17 Å². The number of aliphatic imine (C=N–C) groups is 1. The van der Waals surface area contributed by atoms with Gasteiger partial charge >= 0.3 is 0 Å². The molecule has 1 fully saturated rings. The molecule has 1 aromatic carbocycles. The van der Waals surface area contributed by atoms with Gasteiger partial charge in [0.05, 0.1) is 11.1 Å². The zero-order valence-corrected chi connectivity index (χ0v) is 15.7. The van der Waals surface area contributed by atoms with Gasteiger partial charge in [0.1, 0.15) is 0 Å². The summed E-state index contributed by atoms with van der Waals surface area (Å²) in [5.74, 6) is -0.154. The minimum Gasteiger partial charge on any atom is -0.368 e. The SMILES string of the molecule is Cc1c(C=C2SC(N3CCN(c4ccccc4)CC3)=NC2=O)cnn1C. The molecule has 2 aliphatic rings. The van der Waals surface area contributed by atoms with Crippen LogP contribution in [0.4, 0.5) is 5.69 Å². The fourth-order valence-electron chi connectivity index (χ4n) is 3.13. The summed E-state index contributed by atoms with van der Waals surface area (Å²) in [6, 6.07) is 10.4. The van der Waals surface area contributed by atoms with Gasteiger partial charge in [-0.05, 0) is 36.9 Å². The average molecular weight is 367 g/mol. The quantitative estimate of drug-likeness (QED) is 0.764. The van der Waals surface area contributed by atoms with E-state index in [1.54, 1.807) is 10.9 Å². The number of para-hydroxylation sites is 1. The van der Waals surface area contributed by atoms with Crippen molar-refractivity contribution in [3.63, 3.8) is 0 Å². The number of amidine groups is 1. The number of nitrogens with zero attached hydrogens (tertiary/aromatic N) is 5. The molecule has 2 aromatic rings. The Labute approximate surface area is 157 Å². The zero-order chi connectivity index (χ0) is 18.1. The van der Waals surface area contributed by atoms with Gasteiger partial charge in [0.2, 0.25) is 0 Å². The minimum atomic E-state index is -0.154. The van der Waals surface area contributed by atoms with E-state index in [9.17, 15) is 4.79 Å². The number of piperazine rings is 1. The Morgan fingerprint density at radius 1 is 1.08 bits per heavy atom. The standard InChI is InChI=1S/C19H21N5OS/c1-14-15(13-20-22(14)2)12-17-18(25)21-19(26-17)24-10-8-23(9-11-24)16-6-4-3-5-7-16/h3-7,12-13H,8-11H2,1-2H3. The first-order chi connectivity index (χ1) is 12.6. The van der Waals surface area contributed by atoms with Crippen LogP contribution < -0.4 is 4.90 Å². The third kappa shape index (κ3) is 3.26. The van der Waals surface area contributed by atoms with Crippen LogP contribution in [0.2, 0.25) is 0 Å². The number of anilines is 1. The first-order valence-electron chi connectivity index (χ1n) is 8.68. The summed E-state index contributed by atoms with van der Waals surface area (Å²) in [5, 5.41) is 5.04. The average Bonchev–Trinajstić information content (AvgIpc) is 3.20. The Kier molecular flexibility index (Phi) is 4.55. The number of aromatic nitrogens is 2. The number of benzene rings is 1. The Hall–Kier alpha value is -2.54. The lowest BCUT2D eigenvalue weighted by Gasteiger charge is -2.36. The van der Waals surface area contributed by atoms with E-state index in [2.05, 4.69) is 44.2 Å². The van der Waals surface area contributed by atoms with Gasteiger partial charge in [-0.25, -0.2) is 0 Å². The van der Waals surface area contributed by atoms with E-state index in [0.29, 0.717) is 4.91 Å². The maximum atomic E-state index is 12.3. The fraction of sp³-hybridized carbons (Fsp3) is 0.316. The van der Waals surface area contributed by atoms with Crippen molar-refractivity contribution in [1.29, 1.82) is 0 Å². The molecule has 7 heteroatoms. The summed E-state index contributed by atoms with van der Waals surface area (Å²) in [6.45, 7) is 5.59. The van der Waals surface area contributed by atoms with Crippen molar-refractivity contribution in [2.45, 2.75) is 6.92 Å². The first-order valence-corrected chi connectivity index (χ1v) is 9.49. The highest BCUT2D eigenvalue weighted by molar-refractivity contribution is 8.18. The van der Waals surface area contributed by atoms with E-state index in [4.69, 9.17) is 0 Å². The molecule has 2 aliphatic heterocycles. The molecular formula is C19H21N5OS. The highest BCUT2D eigenvalue weighted by Crippen LogP contribution is 2.31. The van der Waals surface area contributed by atoms with Gasteiger partial charge in [-0.1, -0.05) is 18.2 Å². The number of amides is 1. The second-order valence-electron chi connectivity index (χ2n) is 6.43. The lowest BCUT2D eigenvalue weighted by molar-refractivity contribution is -0.113. The van der Waals surface area contributed by atoms with Gasteiger partial charge in [0.25, 0.3) is 5.91 Å². The van der Waals surface area contributed by atoms with Crippen LogP contribution in [-0.4, -0.2) is 51.9 Å². The van der Waals surface area contributed by atoms with Crippen LogP contribution in [-0.2, 0) is 11.8 Å². The molecular weight excluding hydrogens is 346 g/mol. The van der Waals surface area contributed by atoms with Crippen LogP contribution in [0.3, 0.4) is 0 Å². The van der Waals surface area contributed by atoms with Crippen LogP contribution in [0.25, 0.3) is 6.08 Å². The Bertz CT molecular complexity index is 879. The molecule has 0 N–H and O–H groups in total. The number of rotatable bonds is 2. The number of hydrogen-bond acceptors (Lipinski definition) is 5. The molecule has 0 saturated carbocycles. The van der Waals surface area contributed by atoms with Gasteiger partial charge < -0.3 is 9.80 Å². The van der Waals surface area contributed by atoms with E-state index in [0.717, 1.165) is 42.6 Å². The van der Waals surface area contributed by atoms with Crippen molar-refractivity contribution >= 4 is 34.6 Å². The lowest BCUT2D eigenvalue weighted by atomic mass is 10.2. The number of hydrogen-bond donors (Lipinski definition) is 0. The largest absolute Gasteiger partial charge is 0.368 e. The molecule has 1 saturated heterocycles. The lowest BCUT2D eigenvalue weighted by Crippen LogP contribution is -2.47. The molecule has 0 radical (unpaired) electrons. The fourth-order valence-corrected chi connectivity index (χ4v) is 4.08. The summed E-state index contributed by atoms with van der Waals surface area (Å²) in [5.41, 5.74) is 3.25. The van der Waals surface area contributed by atoms with Crippen molar-refractivity contribution < 1.29 is 4.79 Å². The van der Waals surface area contributed by atoms with Crippen LogP contribution in [0.15, 0.2) is 46.4 Å². The summed E-state index contributed by atoms with van der Waals surface area (Å²) in [4.78, 5) is 21.8. The van der Waals surface area contributed by atoms with Crippen molar-refractivity contribution in [3.8, 4) is 0 Å². The first kappa shape index (κ1) is 16.9. The minimum absolute atomic E-state index is 0.154. The Morgan fingerprint density at radius 3 is 2.42 bits per heavy atom. The molecule has 0 bridgehead atoms. The normalized spacial score (nSPS) is 19.4. The van der Waals surface area contributed by atoms with Crippen molar-refractivity contribution in [2.24, 2.45) is 12.0 Å². The number of thioether (sulfide) groups is 1. The predicted molar refractivity (Wildman–Crippen MR) is 106 cm³/mol. The van der Waals surface area contributed by atoms with Crippen molar-refractivity contribution in [2.75, 3.05) is 31.1 Å². The monoisotopic (exact) mass is 367 g/mol. The number of carbonyl (C=O) groups is 1. The van der Waals surface area contributed by atoms with Crippen molar-refractivity contribution in [1.82, 2.24) is 14.7 Å². The number of aryl methyl sites for hydroxylation is 1. The maximum absolute atomic E-state index is 12.3. The Morgan fingerprint density at radius 2 is 1.77 bits per heavy atom. The third-order valence-corrected chi connectivity index (χ3v) is 5.89. The van der Waals surface area contributed by atoms with Gasteiger partial charge in [-0.3, -0.25) is 9.48 Å². The van der Waals surface area contributed by atoms with E-state index in [1.807, 2.05) is 26.1 Å². The van der Waals surface area contributed by atoms with Gasteiger partial charge in [-0.2, -0.15) is 10.1 Å². The molecule has 1 aromatic heterocycles. The summed E-state index contributed by atoms with van der Waals surface area (Å²) >= 11 is 1.47. The molecule has 6 nitrogen and oxygen atoms in total. The second-order valence-corrected chi connectivity index (χ2v) is 7.44. The van der Waals surface area contributed by atoms with Gasteiger partial charge in [0, 0.05) is 50.2 Å². The molecule has 0 spiro atoms. The molecule has 4 rings (SSSR count). The highest BCUT2D eigenvalue weighted by atomic mass is 32.2. The molecule has 0 unspecified atom stereocenters. The second kappa shape index (κ2) is 6.99. The third-order valence-electron chi connectivity index (χ3n) is 4.84. The van der Waals surface area contributed by atoms with Crippen LogP contribution in [0, 0.1) is 6.92 Å². The molecule has 0 aliphatic carbocycles. The highest BCUT2D eigenvalue weighted by Gasteiger charge is 2.28. The smallest absolute Gasteiger partial charge is 0.286 e.